The third kappa shape index (κ3) is 3.47. The Morgan fingerprint density at radius 2 is 2.13 bits per heavy atom. The second-order valence-corrected chi connectivity index (χ2v) is 4.57. The van der Waals surface area contributed by atoms with Crippen LogP contribution in [0.1, 0.15) is 32.3 Å². The van der Waals surface area contributed by atoms with E-state index in [2.05, 4.69) is 9.97 Å². The average Bonchev–Trinajstić information content (AvgIpc) is 2.12. The van der Waals surface area contributed by atoms with E-state index in [1.54, 1.807) is 13.2 Å². The maximum Gasteiger partial charge on any atom is 0.251 e. The highest BCUT2D eigenvalue weighted by Gasteiger charge is 2.16. The van der Waals surface area contributed by atoms with Gasteiger partial charge >= 0.3 is 0 Å². The van der Waals surface area contributed by atoms with Gasteiger partial charge in [-0.15, -0.1) is 0 Å². The van der Waals surface area contributed by atoms with Crippen molar-refractivity contribution in [2.45, 2.75) is 32.6 Å². The highest BCUT2D eigenvalue weighted by Crippen LogP contribution is 2.18. The van der Waals surface area contributed by atoms with Gasteiger partial charge in [-0.05, 0) is 0 Å². The number of H-pyrrole nitrogens is 1. The van der Waals surface area contributed by atoms with Crippen LogP contribution in [0.3, 0.4) is 0 Å². The zero-order valence-electron chi connectivity index (χ0n) is 9.76. The van der Waals surface area contributed by atoms with Gasteiger partial charge in [0.05, 0.1) is 12.3 Å². The number of nitrogens with zero attached hydrogens (tertiary/aromatic N) is 1. The molecule has 0 spiro atoms. The van der Waals surface area contributed by atoms with Crippen LogP contribution in [0.5, 0.6) is 0 Å². The van der Waals surface area contributed by atoms with E-state index in [9.17, 15) is 4.79 Å². The lowest BCUT2D eigenvalue weighted by atomic mass is 9.92. The zero-order valence-corrected chi connectivity index (χ0v) is 9.76. The van der Waals surface area contributed by atoms with E-state index in [1.165, 1.54) is 0 Å². The Morgan fingerprint density at radius 1 is 1.47 bits per heavy atom. The molecule has 0 unspecified atom stereocenters. The Kier molecular flexibility index (Phi) is 3.63. The highest BCUT2D eigenvalue weighted by atomic mass is 16.5. The Balaban J connectivity index is 3.01. The zero-order chi connectivity index (χ0) is 11.5. The summed E-state index contributed by atoms with van der Waals surface area (Å²) in [5, 5.41) is 0. The SMILES string of the molecule is COCCc1nc(C(C)(C)C)cc(=O)[nH]1. The molecule has 0 saturated heterocycles. The molecule has 4 nitrogen and oxygen atoms in total. The minimum atomic E-state index is -0.101. The fourth-order valence-corrected chi connectivity index (χ4v) is 1.21. The van der Waals surface area contributed by atoms with E-state index in [4.69, 9.17) is 4.74 Å². The van der Waals surface area contributed by atoms with Gasteiger partial charge in [0.25, 0.3) is 5.56 Å². The summed E-state index contributed by atoms with van der Waals surface area (Å²) in [7, 11) is 1.63. The number of ether oxygens (including phenoxy) is 1. The van der Waals surface area contributed by atoms with Crippen molar-refractivity contribution in [2.24, 2.45) is 0 Å². The number of hydrogen-bond acceptors (Lipinski definition) is 3. The van der Waals surface area contributed by atoms with Crippen molar-refractivity contribution in [3.63, 3.8) is 0 Å². The Labute approximate surface area is 89.7 Å². The van der Waals surface area contributed by atoms with Crippen LogP contribution in [0.15, 0.2) is 10.9 Å². The van der Waals surface area contributed by atoms with Gasteiger partial charge in [0.2, 0.25) is 0 Å². The van der Waals surface area contributed by atoms with Crippen molar-refractivity contribution in [1.82, 2.24) is 9.97 Å². The number of aromatic nitrogens is 2. The molecule has 1 N–H and O–H groups in total. The first-order chi connectivity index (χ1) is 6.93. The fraction of sp³-hybridized carbons (Fsp3) is 0.636. The summed E-state index contributed by atoms with van der Waals surface area (Å²) in [6.45, 7) is 6.68. The highest BCUT2D eigenvalue weighted by molar-refractivity contribution is 5.12. The summed E-state index contributed by atoms with van der Waals surface area (Å²) < 4.78 is 4.95. The van der Waals surface area contributed by atoms with E-state index in [0.717, 1.165) is 5.69 Å². The molecule has 0 aliphatic heterocycles. The van der Waals surface area contributed by atoms with Crippen LogP contribution in [0.25, 0.3) is 0 Å². The standard InChI is InChI=1S/C11H18N2O2/c1-11(2,3)8-7-10(14)13-9(12-8)5-6-15-4/h7H,5-6H2,1-4H3,(H,12,13,14). The van der Waals surface area contributed by atoms with E-state index < -0.39 is 0 Å². The van der Waals surface area contributed by atoms with Crippen LogP contribution in [0, 0.1) is 0 Å². The molecule has 1 aromatic rings. The number of nitrogens with one attached hydrogen (secondary N) is 1. The number of rotatable bonds is 3. The average molecular weight is 210 g/mol. The van der Waals surface area contributed by atoms with Gasteiger partial charge in [-0.25, -0.2) is 4.98 Å². The molecule has 0 fully saturated rings. The van der Waals surface area contributed by atoms with Gasteiger partial charge in [-0.2, -0.15) is 0 Å². The van der Waals surface area contributed by atoms with Crippen molar-refractivity contribution in [3.05, 3.63) is 27.9 Å². The van der Waals surface area contributed by atoms with Gasteiger partial charge in [0.1, 0.15) is 5.82 Å². The van der Waals surface area contributed by atoms with Crippen LogP contribution in [-0.4, -0.2) is 23.7 Å². The summed E-state index contributed by atoms with van der Waals surface area (Å²) in [5.74, 6) is 0.689. The molecule has 84 valence electrons. The van der Waals surface area contributed by atoms with Crippen LogP contribution < -0.4 is 5.56 Å². The molecule has 0 saturated carbocycles. The topological polar surface area (TPSA) is 55.0 Å². The molecule has 0 atom stereocenters. The molecule has 1 heterocycles. The van der Waals surface area contributed by atoms with Crippen molar-refractivity contribution in [1.29, 1.82) is 0 Å². The maximum absolute atomic E-state index is 11.4. The molecule has 0 bridgehead atoms. The molecular formula is C11H18N2O2. The minimum Gasteiger partial charge on any atom is -0.384 e. The van der Waals surface area contributed by atoms with E-state index >= 15 is 0 Å². The maximum atomic E-state index is 11.4. The molecule has 0 aliphatic rings. The molecule has 4 heteroatoms. The van der Waals surface area contributed by atoms with Crippen LogP contribution in [0.2, 0.25) is 0 Å². The molecule has 0 radical (unpaired) electrons. The van der Waals surface area contributed by atoms with Crippen LogP contribution >= 0.6 is 0 Å². The summed E-state index contributed by atoms with van der Waals surface area (Å²) in [5.41, 5.74) is 0.620. The first-order valence-corrected chi connectivity index (χ1v) is 5.03. The molecule has 1 rings (SSSR count). The Morgan fingerprint density at radius 3 is 2.67 bits per heavy atom. The Bertz CT molecular complexity index is 377. The Hall–Kier alpha value is -1.16. The third-order valence-electron chi connectivity index (χ3n) is 2.10. The van der Waals surface area contributed by atoms with Crippen molar-refractivity contribution >= 4 is 0 Å². The third-order valence-corrected chi connectivity index (χ3v) is 2.10. The first-order valence-electron chi connectivity index (χ1n) is 5.03. The van der Waals surface area contributed by atoms with Crippen LogP contribution in [0.4, 0.5) is 0 Å². The monoisotopic (exact) mass is 210 g/mol. The molecular weight excluding hydrogens is 192 g/mol. The number of aromatic amines is 1. The quantitative estimate of drug-likeness (QED) is 0.817. The molecule has 0 aliphatic carbocycles. The summed E-state index contributed by atoms with van der Waals surface area (Å²) >= 11 is 0. The first kappa shape index (κ1) is 11.9. The molecule has 0 aromatic carbocycles. The second kappa shape index (κ2) is 4.57. The normalized spacial score (nSPS) is 11.7. The predicted molar refractivity (Wildman–Crippen MR) is 59.1 cm³/mol. The molecule has 0 amide bonds. The lowest BCUT2D eigenvalue weighted by molar-refractivity contribution is 0.200. The summed E-state index contributed by atoms with van der Waals surface area (Å²) in [6.07, 6.45) is 0.635. The second-order valence-electron chi connectivity index (χ2n) is 4.57. The predicted octanol–water partition coefficient (Wildman–Crippen LogP) is 1.26. The lowest BCUT2D eigenvalue weighted by Crippen LogP contribution is -2.21. The van der Waals surface area contributed by atoms with Crippen molar-refractivity contribution in [2.75, 3.05) is 13.7 Å². The molecule has 15 heavy (non-hydrogen) atoms. The van der Waals surface area contributed by atoms with Gasteiger partial charge in [0.15, 0.2) is 0 Å². The van der Waals surface area contributed by atoms with Gasteiger partial charge in [-0.3, -0.25) is 4.79 Å². The summed E-state index contributed by atoms with van der Waals surface area (Å²) in [4.78, 5) is 18.5. The minimum absolute atomic E-state index is 0.0963. The largest absolute Gasteiger partial charge is 0.384 e. The van der Waals surface area contributed by atoms with Crippen molar-refractivity contribution in [3.8, 4) is 0 Å². The van der Waals surface area contributed by atoms with E-state index in [1.807, 2.05) is 20.8 Å². The van der Waals surface area contributed by atoms with Crippen molar-refractivity contribution < 1.29 is 4.74 Å². The van der Waals surface area contributed by atoms with Gasteiger partial charge < -0.3 is 9.72 Å². The van der Waals surface area contributed by atoms with Gasteiger partial charge in [0, 0.05) is 25.0 Å². The van der Waals surface area contributed by atoms with Gasteiger partial charge in [-0.1, -0.05) is 20.8 Å². The fourth-order valence-electron chi connectivity index (χ4n) is 1.21. The number of methoxy groups -OCH3 is 1. The molecule has 1 aromatic heterocycles. The number of hydrogen-bond donors (Lipinski definition) is 1. The smallest absolute Gasteiger partial charge is 0.251 e. The summed E-state index contributed by atoms with van der Waals surface area (Å²) in [6, 6.07) is 1.55. The lowest BCUT2D eigenvalue weighted by Gasteiger charge is -2.17. The van der Waals surface area contributed by atoms with E-state index in [0.29, 0.717) is 18.9 Å². The van der Waals surface area contributed by atoms with Crippen LogP contribution in [-0.2, 0) is 16.6 Å². The van der Waals surface area contributed by atoms with E-state index in [-0.39, 0.29) is 11.0 Å².